The fourth-order valence-corrected chi connectivity index (χ4v) is 2.72. The number of alkyl halides is 3. The second-order valence-electron chi connectivity index (χ2n) is 5.24. The molecule has 0 fully saturated rings. The Bertz CT molecular complexity index is 701. The summed E-state index contributed by atoms with van der Waals surface area (Å²) in [5.41, 5.74) is 4.77. The molecule has 0 aliphatic heterocycles. The van der Waals surface area contributed by atoms with E-state index < -0.39 is 24.8 Å². The molecule has 1 aliphatic rings. The second kappa shape index (κ2) is 5.02. The summed E-state index contributed by atoms with van der Waals surface area (Å²) in [6, 6.07) is 13.2. The maximum atomic E-state index is 12.2. The van der Waals surface area contributed by atoms with Crippen molar-refractivity contribution < 1.29 is 18.0 Å². The Morgan fingerprint density at radius 3 is 2.48 bits per heavy atom. The topological polar surface area (TPSA) is 17.1 Å². The van der Waals surface area contributed by atoms with Gasteiger partial charge in [0.1, 0.15) is 0 Å². The van der Waals surface area contributed by atoms with Gasteiger partial charge < -0.3 is 0 Å². The summed E-state index contributed by atoms with van der Waals surface area (Å²) in [5.74, 6) is -0.453. The van der Waals surface area contributed by atoms with E-state index in [0.717, 1.165) is 23.1 Å². The van der Waals surface area contributed by atoms with Gasteiger partial charge in [0.05, 0.1) is 6.42 Å². The van der Waals surface area contributed by atoms with Gasteiger partial charge in [-0.25, -0.2) is 0 Å². The van der Waals surface area contributed by atoms with Crippen LogP contribution in [0.3, 0.4) is 0 Å². The number of halogens is 3. The fraction of sp³-hybridized carbons (Fsp3) is 0.235. The summed E-state index contributed by atoms with van der Waals surface area (Å²) in [6.45, 7) is 0. The van der Waals surface area contributed by atoms with E-state index in [1.54, 1.807) is 12.1 Å². The van der Waals surface area contributed by atoms with E-state index >= 15 is 0 Å². The number of hydrogen-bond acceptors (Lipinski definition) is 1. The van der Waals surface area contributed by atoms with Crippen molar-refractivity contribution >= 4 is 5.78 Å². The normalized spacial score (nSPS) is 12.9. The standard InChI is InChI=1S/C17H13F3O/c18-17(19,20)8-7-16(21)12-5-6-15-13(10-12)9-11-3-1-2-4-14(11)15/h1-6,10H,7-9H2. The van der Waals surface area contributed by atoms with Crippen LogP contribution >= 0.6 is 0 Å². The van der Waals surface area contributed by atoms with Gasteiger partial charge in [-0.05, 0) is 34.7 Å². The third-order valence-corrected chi connectivity index (χ3v) is 3.75. The molecule has 0 atom stereocenters. The molecule has 108 valence electrons. The molecule has 0 saturated carbocycles. The van der Waals surface area contributed by atoms with Crippen molar-refractivity contribution in [2.75, 3.05) is 0 Å². The van der Waals surface area contributed by atoms with Gasteiger partial charge in [-0.15, -0.1) is 0 Å². The third kappa shape index (κ3) is 2.84. The van der Waals surface area contributed by atoms with Crippen molar-refractivity contribution in [1.29, 1.82) is 0 Å². The summed E-state index contributed by atoms with van der Waals surface area (Å²) in [7, 11) is 0. The van der Waals surface area contributed by atoms with E-state index in [9.17, 15) is 18.0 Å². The molecule has 0 spiro atoms. The Hall–Kier alpha value is -2.10. The zero-order chi connectivity index (χ0) is 15.0. The first-order valence-corrected chi connectivity index (χ1v) is 6.75. The van der Waals surface area contributed by atoms with Crippen LogP contribution in [0.2, 0.25) is 0 Å². The summed E-state index contributed by atoms with van der Waals surface area (Å²) in [6.07, 6.45) is -5.12. The Labute approximate surface area is 120 Å². The molecule has 3 rings (SSSR count). The van der Waals surface area contributed by atoms with Crippen LogP contribution < -0.4 is 0 Å². The quantitative estimate of drug-likeness (QED) is 0.634. The van der Waals surface area contributed by atoms with Crippen LogP contribution in [0.25, 0.3) is 11.1 Å². The van der Waals surface area contributed by atoms with Crippen LogP contribution in [-0.2, 0) is 6.42 Å². The van der Waals surface area contributed by atoms with Crippen LogP contribution in [0.4, 0.5) is 13.2 Å². The number of rotatable bonds is 3. The molecule has 2 aromatic carbocycles. The predicted octanol–water partition coefficient (Wildman–Crippen LogP) is 4.78. The van der Waals surface area contributed by atoms with E-state index in [-0.39, 0.29) is 0 Å². The SMILES string of the molecule is O=C(CCC(F)(F)F)c1ccc2c(c1)Cc1ccccc1-2. The minimum atomic E-state index is -4.29. The Morgan fingerprint density at radius 2 is 1.71 bits per heavy atom. The highest BCUT2D eigenvalue weighted by atomic mass is 19.4. The molecule has 1 aliphatic carbocycles. The van der Waals surface area contributed by atoms with Crippen molar-refractivity contribution in [3.05, 3.63) is 59.2 Å². The highest BCUT2D eigenvalue weighted by Crippen LogP contribution is 2.37. The Kier molecular flexibility index (Phi) is 3.32. The van der Waals surface area contributed by atoms with E-state index in [4.69, 9.17) is 0 Å². The smallest absolute Gasteiger partial charge is 0.294 e. The van der Waals surface area contributed by atoms with E-state index in [0.29, 0.717) is 5.56 Å². The first-order valence-electron chi connectivity index (χ1n) is 6.75. The maximum absolute atomic E-state index is 12.2. The highest BCUT2D eigenvalue weighted by molar-refractivity contribution is 5.97. The first-order chi connectivity index (χ1) is 9.94. The molecule has 0 heterocycles. The second-order valence-corrected chi connectivity index (χ2v) is 5.24. The molecule has 0 bridgehead atoms. The Morgan fingerprint density at radius 1 is 1.00 bits per heavy atom. The monoisotopic (exact) mass is 290 g/mol. The van der Waals surface area contributed by atoms with Gasteiger partial charge in [0, 0.05) is 12.0 Å². The Balaban J connectivity index is 1.82. The summed E-state index contributed by atoms with van der Waals surface area (Å²) >= 11 is 0. The number of Topliss-reactive ketones (excluding diaryl/α,β-unsaturated/α-hetero) is 1. The molecule has 0 saturated heterocycles. The summed E-state index contributed by atoms with van der Waals surface area (Å²) < 4.78 is 36.5. The number of benzene rings is 2. The molecule has 21 heavy (non-hydrogen) atoms. The average Bonchev–Trinajstić information content (AvgIpc) is 2.81. The van der Waals surface area contributed by atoms with E-state index in [2.05, 4.69) is 0 Å². The molecule has 2 aromatic rings. The number of carbonyl (C=O) groups excluding carboxylic acids is 1. The number of hydrogen-bond donors (Lipinski definition) is 0. The molecule has 0 aromatic heterocycles. The van der Waals surface area contributed by atoms with Gasteiger partial charge in [0.15, 0.2) is 5.78 Å². The molecular formula is C17H13F3O. The van der Waals surface area contributed by atoms with Crippen LogP contribution in [0.5, 0.6) is 0 Å². The summed E-state index contributed by atoms with van der Waals surface area (Å²) in [5, 5.41) is 0. The van der Waals surface area contributed by atoms with Crippen LogP contribution in [-0.4, -0.2) is 12.0 Å². The van der Waals surface area contributed by atoms with Crippen molar-refractivity contribution in [2.24, 2.45) is 0 Å². The van der Waals surface area contributed by atoms with E-state index in [1.165, 1.54) is 5.56 Å². The van der Waals surface area contributed by atoms with Crippen LogP contribution in [0.15, 0.2) is 42.5 Å². The first kappa shape index (κ1) is 13.9. The lowest BCUT2D eigenvalue weighted by molar-refractivity contribution is -0.133. The fourth-order valence-electron chi connectivity index (χ4n) is 2.72. The molecule has 0 amide bonds. The van der Waals surface area contributed by atoms with Gasteiger partial charge in [-0.3, -0.25) is 4.79 Å². The zero-order valence-corrected chi connectivity index (χ0v) is 11.2. The summed E-state index contributed by atoms with van der Waals surface area (Å²) in [4.78, 5) is 11.9. The number of ketones is 1. The molecule has 0 unspecified atom stereocenters. The van der Waals surface area contributed by atoms with Crippen LogP contribution in [0.1, 0.15) is 34.3 Å². The molecule has 4 heteroatoms. The van der Waals surface area contributed by atoms with Gasteiger partial charge in [-0.1, -0.05) is 36.4 Å². The number of fused-ring (bicyclic) bond motifs is 3. The van der Waals surface area contributed by atoms with Gasteiger partial charge >= 0.3 is 6.18 Å². The van der Waals surface area contributed by atoms with Crippen molar-refractivity contribution in [3.63, 3.8) is 0 Å². The third-order valence-electron chi connectivity index (χ3n) is 3.75. The van der Waals surface area contributed by atoms with Gasteiger partial charge in [0.2, 0.25) is 0 Å². The average molecular weight is 290 g/mol. The van der Waals surface area contributed by atoms with Gasteiger partial charge in [0.25, 0.3) is 0 Å². The van der Waals surface area contributed by atoms with Gasteiger partial charge in [-0.2, -0.15) is 13.2 Å². The minimum Gasteiger partial charge on any atom is -0.294 e. The number of carbonyl (C=O) groups is 1. The van der Waals surface area contributed by atoms with Crippen molar-refractivity contribution in [3.8, 4) is 11.1 Å². The minimum absolute atomic E-state index is 0.366. The largest absolute Gasteiger partial charge is 0.389 e. The maximum Gasteiger partial charge on any atom is 0.389 e. The van der Waals surface area contributed by atoms with E-state index in [1.807, 2.05) is 30.3 Å². The van der Waals surface area contributed by atoms with Crippen molar-refractivity contribution in [1.82, 2.24) is 0 Å². The lowest BCUT2D eigenvalue weighted by Gasteiger charge is -2.07. The lowest BCUT2D eigenvalue weighted by atomic mass is 10.00. The predicted molar refractivity (Wildman–Crippen MR) is 74.3 cm³/mol. The molecule has 0 radical (unpaired) electrons. The van der Waals surface area contributed by atoms with Crippen LogP contribution in [0, 0.1) is 0 Å². The molecular weight excluding hydrogens is 277 g/mol. The highest BCUT2D eigenvalue weighted by Gasteiger charge is 2.28. The lowest BCUT2D eigenvalue weighted by Crippen LogP contribution is -2.11. The zero-order valence-electron chi connectivity index (χ0n) is 11.2. The van der Waals surface area contributed by atoms with Crippen molar-refractivity contribution in [2.45, 2.75) is 25.4 Å². The molecule has 0 N–H and O–H groups in total. The molecule has 1 nitrogen and oxygen atoms in total.